The van der Waals surface area contributed by atoms with Crippen LogP contribution in [0.5, 0.6) is 0 Å². The first-order valence-electron chi connectivity index (χ1n) is 3.91. The number of nitrogens with two attached hydrogens (primary N) is 1. The molecule has 0 unspecified atom stereocenters. The predicted octanol–water partition coefficient (Wildman–Crippen LogP) is -0.941. The van der Waals surface area contributed by atoms with Crippen LogP contribution in [0.4, 0.5) is 0 Å². The molecule has 0 aliphatic rings. The average Bonchev–Trinajstić information content (AvgIpc) is 2.03. The fourth-order valence-electron chi connectivity index (χ4n) is 0.727. The first kappa shape index (κ1) is 10.4. The van der Waals surface area contributed by atoms with Gasteiger partial charge in [-0.15, -0.1) is 0 Å². The lowest BCUT2D eigenvalue weighted by atomic mass is 10.3. The Hall–Kier alpha value is -0.610. The number of carbonyl (C=O) groups excluding carboxylic acids is 1. The molecule has 0 aliphatic carbocycles. The van der Waals surface area contributed by atoms with Crippen LogP contribution in [0.1, 0.15) is 13.3 Å². The molecule has 1 amide bonds. The summed E-state index contributed by atoms with van der Waals surface area (Å²) in [6.45, 7) is 3.07. The summed E-state index contributed by atoms with van der Waals surface area (Å²) in [6, 6.07) is -0.249. The zero-order valence-electron chi connectivity index (χ0n) is 7.18. The van der Waals surface area contributed by atoms with Crippen LogP contribution in [0.3, 0.4) is 0 Å². The Morgan fingerprint density at radius 2 is 2.27 bits per heavy atom. The first-order chi connectivity index (χ1) is 5.26. The monoisotopic (exact) mass is 159 g/mol. The minimum Gasteiger partial charge on any atom is -0.355 e. The highest BCUT2D eigenvalue weighted by molar-refractivity contribution is 5.81. The van der Waals surface area contributed by atoms with E-state index in [1.807, 2.05) is 6.92 Å². The van der Waals surface area contributed by atoms with Crippen molar-refractivity contribution >= 4 is 5.91 Å². The van der Waals surface area contributed by atoms with Gasteiger partial charge in [-0.3, -0.25) is 4.79 Å². The summed E-state index contributed by atoms with van der Waals surface area (Å²) in [5.74, 6) is -0.0168. The Balaban J connectivity index is 3.61. The molecule has 0 radical (unpaired) electrons. The summed E-state index contributed by atoms with van der Waals surface area (Å²) in [5.41, 5.74) is 5.33. The van der Waals surface area contributed by atoms with Crippen molar-refractivity contribution in [3.05, 3.63) is 0 Å². The molecule has 4 heteroatoms. The molecule has 0 bridgehead atoms. The summed E-state index contributed by atoms with van der Waals surface area (Å²) >= 11 is 0. The third-order valence-electron chi connectivity index (χ3n) is 1.45. The summed E-state index contributed by atoms with van der Waals surface area (Å²) in [6.07, 6.45) is 0.951. The maximum atomic E-state index is 11.1. The minimum atomic E-state index is -0.249. The average molecular weight is 159 g/mol. The topological polar surface area (TPSA) is 67.2 Å². The van der Waals surface area contributed by atoms with Crippen LogP contribution in [0.15, 0.2) is 0 Å². The molecule has 11 heavy (non-hydrogen) atoms. The zero-order chi connectivity index (χ0) is 8.69. The first-order valence-corrected chi connectivity index (χ1v) is 3.91. The van der Waals surface area contributed by atoms with Crippen molar-refractivity contribution in [1.82, 2.24) is 10.6 Å². The molecule has 0 aromatic carbocycles. The quantitative estimate of drug-likeness (QED) is 0.485. The number of hydrogen-bond acceptors (Lipinski definition) is 3. The van der Waals surface area contributed by atoms with Crippen molar-refractivity contribution in [2.24, 2.45) is 5.73 Å². The SMILES string of the molecule is CCCNC(=O)[C@H](CN)NC. The van der Waals surface area contributed by atoms with E-state index in [-0.39, 0.29) is 11.9 Å². The lowest BCUT2D eigenvalue weighted by Crippen LogP contribution is -2.47. The molecule has 0 saturated carbocycles. The van der Waals surface area contributed by atoms with Crippen LogP contribution in [0.25, 0.3) is 0 Å². The van der Waals surface area contributed by atoms with E-state index in [1.165, 1.54) is 0 Å². The number of carbonyl (C=O) groups is 1. The largest absolute Gasteiger partial charge is 0.355 e. The lowest BCUT2D eigenvalue weighted by Gasteiger charge is -2.12. The molecule has 66 valence electrons. The van der Waals surface area contributed by atoms with Crippen molar-refractivity contribution in [3.8, 4) is 0 Å². The Morgan fingerprint density at radius 1 is 1.64 bits per heavy atom. The van der Waals surface area contributed by atoms with Crippen LogP contribution < -0.4 is 16.4 Å². The molecule has 0 aromatic heterocycles. The predicted molar refractivity (Wildman–Crippen MR) is 45.2 cm³/mol. The van der Waals surface area contributed by atoms with Gasteiger partial charge in [0.1, 0.15) is 0 Å². The number of nitrogens with one attached hydrogen (secondary N) is 2. The van der Waals surface area contributed by atoms with Crippen molar-refractivity contribution in [2.45, 2.75) is 19.4 Å². The van der Waals surface area contributed by atoms with Crippen molar-refractivity contribution in [2.75, 3.05) is 20.1 Å². The molecule has 0 aliphatic heterocycles. The van der Waals surface area contributed by atoms with Crippen molar-refractivity contribution in [1.29, 1.82) is 0 Å². The van der Waals surface area contributed by atoms with Gasteiger partial charge in [0, 0.05) is 13.1 Å². The zero-order valence-corrected chi connectivity index (χ0v) is 7.18. The molecular weight excluding hydrogens is 142 g/mol. The Kier molecular flexibility index (Phi) is 5.78. The molecule has 0 aromatic rings. The maximum absolute atomic E-state index is 11.1. The second-order valence-electron chi connectivity index (χ2n) is 2.37. The van der Waals surface area contributed by atoms with Gasteiger partial charge in [0.05, 0.1) is 6.04 Å². The molecule has 1 atom stereocenters. The standard InChI is InChI=1S/C7H17N3O/c1-3-4-10-7(11)6(5-8)9-2/h6,9H,3-5,8H2,1-2H3,(H,10,11)/t6-/m0/s1. The van der Waals surface area contributed by atoms with Gasteiger partial charge in [-0.05, 0) is 13.5 Å². The van der Waals surface area contributed by atoms with Gasteiger partial charge >= 0.3 is 0 Å². The van der Waals surface area contributed by atoms with Crippen LogP contribution >= 0.6 is 0 Å². The second-order valence-corrected chi connectivity index (χ2v) is 2.37. The van der Waals surface area contributed by atoms with Crippen molar-refractivity contribution < 1.29 is 4.79 Å². The van der Waals surface area contributed by atoms with E-state index < -0.39 is 0 Å². The van der Waals surface area contributed by atoms with E-state index in [2.05, 4.69) is 10.6 Å². The van der Waals surface area contributed by atoms with Crippen LogP contribution in [-0.2, 0) is 4.79 Å². The molecule has 0 fully saturated rings. The van der Waals surface area contributed by atoms with E-state index in [1.54, 1.807) is 7.05 Å². The maximum Gasteiger partial charge on any atom is 0.238 e. The second kappa shape index (κ2) is 6.12. The van der Waals surface area contributed by atoms with Gasteiger partial charge in [-0.2, -0.15) is 0 Å². The van der Waals surface area contributed by atoms with E-state index in [4.69, 9.17) is 5.73 Å². The molecular formula is C7H17N3O. The van der Waals surface area contributed by atoms with Gasteiger partial charge in [0.15, 0.2) is 0 Å². The Labute approximate surface area is 67.5 Å². The minimum absolute atomic E-state index is 0.0168. The number of hydrogen-bond donors (Lipinski definition) is 3. The highest BCUT2D eigenvalue weighted by Gasteiger charge is 2.11. The van der Waals surface area contributed by atoms with E-state index >= 15 is 0 Å². The lowest BCUT2D eigenvalue weighted by molar-refractivity contribution is -0.122. The normalized spacial score (nSPS) is 12.6. The van der Waals surface area contributed by atoms with Gasteiger partial charge in [0.25, 0.3) is 0 Å². The number of rotatable bonds is 5. The number of likely N-dealkylation sites (N-methyl/N-ethyl adjacent to an activating group) is 1. The summed E-state index contributed by atoms with van der Waals surface area (Å²) < 4.78 is 0. The third-order valence-corrected chi connectivity index (χ3v) is 1.45. The highest BCUT2D eigenvalue weighted by atomic mass is 16.2. The molecule has 0 heterocycles. The van der Waals surface area contributed by atoms with Crippen LogP contribution in [0, 0.1) is 0 Å². The fourth-order valence-corrected chi connectivity index (χ4v) is 0.727. The van der Waals surface area contributed by atoms with Gasteiger partial charge in [0.2, 0.25) is 5.91 Å². The molecule has 4 N–H and O–H groups in total. The van der Waals surface area contributed by atoms with E-state index in [9.17, 15) is 4.79 Å². The molecule has 0 spiro atoms. The van der Waals surface area contributed by atoms with Crippen LogP contribution in [0.2, 0.25) is 0 Å². The summed E-state index contributed by atoms with van der Waals surface area (Å²) in [4.78, 5) is 11.1. The molecule has 0 rings (SSSR count). The van der Waals surface area contributed by atoms with Gasteiger partial charge < -0.3 is 16.4 Å². The summed E-state index contributed by atoms with van der Waals surface area (Å²) in [7, 11) is 1.73. The third kappa shape index (κ3) is 3.95. The summed E-state index contributed by atoms with van der Waals surface area (Å²) in [5, 5.41) is 5.58. The van der Waals surface area contributed by atoms with Crippen LogP contribution in [-0.4, -0.2) is 32.1 Å². The van der Waals surface area contributed by atoms with E-state index in [0.717, 1.165) is 13.0 Å². The highest BCUT2D eigenvalue weighted by Crippen LogP contribution is 1.79. The molecule has 0 saturated heterocycles. The fraction of sp³-hybridized carbons (Fsp3) is 0.857. The van der Waals surface area contributed by atoms with Gasteiger partial charge in [-0.1, -0.05) is 6.92 Å². The molecule has 4 nitrogen and oxygen atoms in total. The Morgan fingerprint density at radius 3 is 2.64 bits per heavy atom. The number of amides is 1. The van der Waals surface area contributed by atoms with Crippen molar-refractivity contribution in [3.63, 3.8) is 0 Å². The smallest absolute Gasteiger partial charge is 0.238 e. The Bertz CT molecular complexity index is 112. The van der Waals surface area contributed by atoms with E-state index in [0.29, 0.717) is 6.54 Å². The van der Waals surface area contributed by atoms with Gasteiger partial charge in [-0.25, -0.2) is 0 Å².